The number of hydrogen-bond donors (Lipinski definition) is 2. The molecule has 1 heterocycles. The van der Waals surface area contributed by atoms with E-state index in [1.807, 2.05) is 73.7 Å². The minimum atomic E-state index is -1.27. The number of rotatable bonds is 8. The van der Waals surface area contributed by atoms with Crippen LogP contribution >= 0.6 is 0 Å². The molecule has 6 nitrogen and oxygen atoms in total. The van der Waals surface area contributed by atoms with Gasteiger partial charge in [0, 0.05) is 30.1 Å². The first kappa shape index (κ1) is 24.9. The van der Waals surface area contributed by atoms with Crippen LogP contribution in [0.3, 0.4) is 0 Å². The number of benzene rings is 2. The van der Waals surface area contributed by atoms with Crippen LogP contribution in [-0.2, 0) is 17.6 Å². The van der Waals surface area contributed by atoms with Crippen LogP contribution in [0.2, 0.25) is 0 Å². The van der Waals surface area contributed by atoms with Crippen molar-refractivity contribution in [3.63, 3.8) is 0 Å². The second-order valence-electron chi connectivity index (χ2n) is 12.0. The highest BCUT2D eigenvalue weighted by Gasteiger charge is 2.56. The minimum absolute atomic E-state index is 0.120. The minimum Gasteiger partial charge on any atom is -0.465 e. The molecule has 198 valence electrons. The fraction of sp³-hybridized carbons (Fsp3) is 0.469. The van der Waals surface area contributed by atoms with Gasteiger partial charge in [0.15, 0.2) is 0 Å². The molecule has 0 saturated heterocycles. The van der Waals surface area contributed by atoms with E-state index >= 15 is 0 Å². The summed E-state index contributed by atoms with van der Waals surface area (Å²) in [6, 6.07) is 21.8. The maximum Gasteiger partial charge on any atom is 0.408 e. The maximum atomic E-state index is 14.1. The van der Waals surface area contributed by atoms with Gasteiger partial charge in [0.25, 0.3) is 0 Å². The molecule has 1 aromatic heterocycles. The first-order valence-corrected chi connectivity index (χ1v) is 14.1. The molecule has 4 fully saturated rings. The Morgan fingerprint density at radius 2 is 1.58 bits per heavy atom. The van der Waals surface area contributed by atoms with Gasteiger partial charge in [0.2, 0.25) is 5.91 Å². The second-order valence-corrected chi connectivity index (χ2v) is 12.0. The first-order valence-electron chi connectivity index (χ1n) is 14.1. The Morgan fingerprint density at radius 1 is 0.921 bits per heavy atom. The number of fused-ring (bicyclic) bond motifs is 1. The van der Waals surface area contributed by atoms with Crippen molar-refractivity contribution in [1.29, 1.82) is 0 Å². The molecular weight excluding hydrogens is 474 g/mol. The van der Waals surface area contributed by atoms with Crippen molar-refractivity contribution in [3.8, 4) is 0 Å². The van der Waals surface area contributed by atoms with Gasteiger partial charge in [-0.2, -0.15) is 0 Å². The average Bonchev–Trinajstić information content (AvgIpc) is 2.90. The summed E-state index contributed by atoms with van der Waals surface area (Å²) in [5, 5.41) is 14.9. The third-order valence-electron chi connectivity index (χ3n) is 9.43. The van der Waals surface area contributed by atoms with Crippen molar-refractivity contribution in [3.05, 3.63) is 78.0 Å². The van der Waals surface area contributed by atoms with Crippen LogP contribution in [0.4, 0.5) is 4.79 Å². The summed E-state index contributed by atoms with van der Waals surface area (Å²) in [5.74, 6) is 1.88. The Labute approximate surface area is 224 Å². The number of para-hydroxylation sites is 1. The normalized spacial score (nSPS) is 27.1. The maximum absolute atomic E-state index is 14.1. The summed E-state index contributed by atoms with van der Waals surface area (Å²) in [7, 11) is 0. The van der Waals surface area contributed by atoms with Crippen LogP contribution in [0.1, 0.15) is 50.3 Å². The molecule has 0 aliphatic heterocycles. The van der Waals surface area contributed by atoms with Gasteiger partial charge in [-0.05, 0) is 86.8 Å². The molecule has 2 aromatic carbocycles. The van der Waals surface area contributed by atoms with E-state index in [2.05, 4.69) is 5.32 Å². The fourth-order valence-corrected chi connectivity index (χ4v) is 7.98. The Bertz CT molecular complexity index is 1300. The fourth-order valence-electron chi connectivity index (χ4n) is 7.98. The van der Waals surface area contributed by atoms with E-state index in [9.17, 15) is 14.7 Å². The lowest BCUT2D eigenvalue weighted by atomic mass is 9.53. The number of carbonyl (C=O) groups excluding carboxylic acids is 1. The summed E-state index contributed by atoms with van der Waals surface area (Å²) in [5.41, 5.74) is 1.47. The first-order chi connectivity index (χ1) is 18.4. The van der Waals surface area contributed by atoms with E-state index in [-0.39, 0.29) is 18.4 Å². The van der Waals surface area contributed by atoms with Crippen molar-refractivity contribution < 1.29 is 14.7 Å². The summed E-state index contributed by atoms with van der Waals surface area (Å²) in [6.07, 6.45) is 5.58. The van der Waals surface area contributed by atoms with E-state index in [4.69, 9.17) is 4.98 Å². The molecule has 2 amide bonds. The lowest BCUT2D eigenvalue weighted by Crippen LogP contribution is -2.68. The Balaban J connectivity index is 1.32. The lowest BCUT2D eigenvalue weighted by molar-refractivity contribution is -0.140. The topological polar surface area (TPSA) is 82.5 Å². The molecule has 7 rings (SSSR count). The number of amides is 2. The monoisotopic (exact) mass is 511 g/mol. The van der Waals surface area contributed by atoms with Gasteiger partial charge in [-0.3, -0.25) is 14.7 Å². The zero-order valence-corrected chi connectivity index (χ0v) is 22.1. The number of pyridine rings is 1. The number of carboxylic acid groups (broad SMARTS) is 1. The third kappa shape index (κ3) is 4.65. The van der Waals surface area contributed by atoms with Crippen molar-refractivity contribution in [2.45, 2.75) is 63.5 Å². The summed E-state index contributed by atoms with van der Waals surface area (Å²) < 4.78 is 0. The number of hydrogen-bond acceptors (Lipinski definition) is 3. The Kier molecular flexibility index (Phi) is 6.58. The lowest BCUT2D eigenvalue weighted by Gasteiger charge is -2.59. The predicted molar refractivity (Wildman–Crippen MR) is 148 cm³/mol. The standard InChI is InChI=1S/C32H37N3O3/c1-32(30(36)33-14-13-21-7-3-2-4-8-21,20-27-12-11-24-9-5-6-10-28(24)34-27)35(31(37)38)29-25-16-22-15-23(18-25)19-26(29)17-22/h2-12,22-23,25-26,29H,13-20H2,1H3,(H,33,36)(H,37,38). The van der Waals surface area contributed by atoms with Crippen LogP contribution in [0, 0.1) is 23.7 Å². The zero-order valence-electron chi connectivity index (χ0n) is 22.1. The Morgan fingerprint density at radius 3 is 2.26 bits per heavy atom. The van der Waals surface area contributed by atoms with Crippen molar-refractivity contribution in [1.82, 2.24) is 15.2 Å². The highest BCUT2D eigenvalue weighted by atomic mass is 16.4. The largest absolute Gasteiger partial charge is 0.465 e. The van der Waals surface area contributed by atoms with E-state index in [0.29, 0.717) is 24.8 Å². The van der Waals surface area contributed by atoms with Crippen LogP contribution in [0.5, 0.6) is 0 Å². The third-order valence-corrected chi connectivity index (χ3v) is 9.43. The van der Waals surface area contributed by atoms with E-state index in [1.165, 1.54) is 6.42 Å². The highest BCUT2D eigenvalue weighted by Crippen LogP contribution is 2.56. The molecule has 38 heavy (non-hydrogen) atoms. The quantitative estimate of drug-likeness (QED) is 0.406. The van der Waals surface area contributed by atoms with Crippen LogP contribution in [-0.4, -0.2) is 45.1 Å². The van der Waals surface area contributed by atoms with Crippen molar-refractivity contribution >= 4 is 22.9 Å². The van der Waals surface area contributed by atoms with Gasteiger partial charge in [0.1, 0.15) is 5.54 Å². The molecule has 0 spiro atoms. The summed E-state index contributed by atoms with van der Waals surface area (Å²) in [6.45, 7) is 2.28. The zero-order chi connectivity index (χ0) is 26.3. The van der Waals surface area contributed by atoms with E-state index in [1.54, 1.807) is 4.90 Å². The number of carbonyl (C=O) groups is 2. The van der Waals surface area contributed by atoms with Crippen molar-refractivity contribution in [2.24, 2.45) is 23.7 Å². The molecule has 1 unspecified atom stereocenters. The van der Waals surface area contributed by atoms with Crippen molar-refractivity contribution in [2.75, 3.05) is 6.54 Å². The number of nitrogens with one attached hydrogen (secondary N) is 1. The Hall–Kier alpha value is -3.41. The molecule has 4 bridgehead atoms. The van der Waals surface area contributed by atoms with Crippen LogP contribution in [0.25, 0.3) is 10.9 Å². The summed E-state index contributed by atoms with van der Waals surface area (Å²) in [4.78, 5) is 33.6. The van der Waals surface area contributed by atoms with Crippen LogP contribution in [0.15, 0.2) is 66.7 Å². The van der Waals surface area contributed by atoms with Gasteiger partial charge in [0.05, 0.1) is 5.52 Å². The highest BCUT2D eigenvalue weighted by molar-refractivity contribution is 5.90. The molecule has 1 atom stereocenters. The van der Waals surface area contributed by atoms with Crippen LogP contribution < -0.4 is 5.32 Å². The second kappa shape index (κ2) is 10.0. The molecule has 3 aromatic rings. The number of nitrogens with zero attached hydrogens (tertiary/aromatic N) is 2. The summed E-state index contributed by atoms with van der Waals surface area (Å²) >= 11 is 0. The van der Waals surface area contributed by atoms with Gasteiger partial charge in [-0.15, -0.1) is 0 Å². The SMILES string of the molecule is CC(Cc1ccc2ccccc2n1)(C(=O)NCCc1ccccc1)N(C(=O)O)C1C2CC3CC(C2)CC1C3. The average molecular weight is 512 g/mol. The van der Waals surface area contributed by atoms with Gasteiger partial charge in [-0.1, -0.05) is 54.6 Å². The van der Waals surface area contributed by atoms with E-state index < -0.39 is 11.6 Å². The van der Waals surface area contributed by atoms with Gasteiger partial charge >= 0.3 is 6.09 Å². The molecule has 2 N–H and O–H groups in total. The molecule has 4 saturated carbocycles. The van der Waals surface area contributed by atoms with Gasteiger partial charge in [-0.25, -0.2) is 4.79 Å². The number of aromatic nitrogens is 1. The molecule has 6 heteroatoms. The molecular formula is C32H37N3O3. The molecule has 0 radical (unpaired) electrons. The van der Waals surface area contributed by atoms with E-state index in [0.717, 1.165) is 59.7 Å². The molecule has 4 aliphatic rings. The molecule has 4 aliphatic carbocycles. The van der Waals surface area contributed by atoms with Gasteiger partial charge < -0.3 is 10.4 Å². The predicted octanol–water partition coefficient (Wildman–Crippen LogP) is 5.70. The smallest absolute Gasteiger partial charge is 0.408 e.